The third kappa shape index (κ3) is 3.37. The Bertz CT molecular complexity index is 667. The number of pyridine rings is 1. The van der Waals surface area contributed by atoms with Gasteiger partial charge in [-0.1, -0.05) is 0 Å². The minimum atomic E-state index is -4.39. The van der Waals surface area contributed by atoms with Crippen molar-refractivity contribution in [1.29, 1.82) is 0 Å². The minimum absolute atomic E-state index is 0.0566. The van der Waals surface area contributed by atoms with Gasteiger partial charge in [0.25, 0.3) is 0 Å². The van der Waals surface area contributed by atoms with E-state index in [1.807, 2.05) is 22.7 Å². The molecule has 124 valence electrons. The number of rotatable bonds is 3. The summed E-state index contributed by atoms with van der Waals surface area (Å²) in [4.78, 5) is 10.3. The van der Waals surface area contributed by atoms with E-state index in [-0.39, 0.29) is 18.3 Å². The molecular formula is C15H18F3N5. The van der Waals surface area contributed by atoms with Crippen LogP contribution in [0.25, 0.3) is 0 Å². The van der Waals surface area contributed by atoms with Crippen LogP contribution in [0.3, 0.4) is 0 Å². The molecule has 8 heteroatoms. The lowest BCUT2D eigenvalue weighted by Gasteiger charge is -2.35. The molecule has 0 radical (unpaired) electrons. The second kappa shape index (κ2) is 6.29. The summed E-state index contributed by atoms with van der Waals surface area (Å²) in [5, 5.41) is 3.27. The van der Waals surface area contributed by atoms with Crippen molar-refractivity contribution in [3.63, 3.8) is 0 Å². The lowest BCUT2D eigenvalue weighted by molar-refractivity contribution is -0.138. The molecular weight excluding hydrogens is 307 g/mol. The summed E-state index contributed by atoms with van der Waals surface area (Å²) in [6.07, 6.45) is 0.549. The maximum absolute atomic E-state index is 13.1. The Morgan fingerprint density at radius 3 is 2.83 bits per heavy atom. The van der Waals surface area contributed by atoms with E-state index in [1.165, 1.54) is 12.3 Å². The Hall–Kier alpha value is -1.93. The van der Waals surface area contributed by atoms with E-state index in [2.05, 4.69) is 15.3 Å². The first-order chi connectivity index (χ1) is 11.0. The van der Waals surface area contributed by atoms with Gasteiger partial charge >= 0.3 is 6.18 Å². The van der Waals surface area contributed by atoms with Crippen LogP contribution < -0.4 is 5.32 Å². The molecule has 2 aromatic heterocycles. The fourth-order valence-electron chi connectivity index (χ4n) is 2.90. The van der Waals surface area contributed by atoms with Crippen LogP contribution in [0.1, 0.15) is 23.1 Å². The zero-order chi connectivity index (χ0) is 16.4. The molecule has 1 aliphatic rings. The van der Waals surface area contributed by atoms with Crippen molar-refractivity contribution in [3.8, 4) is 0 Å². The Labute approximate surface area is 132 Å². The summed E-state index contributed by atoms with van der Waals surface area (Å²) in [6.45, 7) is 2.18. The van der Waals surface area contributed by atoms with E-state index in [9.17, 15) is 13.2 Å². The minimum Gasteiger partial charge on any atom is -0.337 e. The van der Waals surface area contributed by atoms with E-state index < -0.39 is 11.7 Å². The van der Waals surface area contributed by atoms with Crippen LogP contribution in [0.15, 0.2) is 30.7 Å². The SMILES string of the molecule is Cn1ccnc1C1CNCCN1Cc1ncccc1C(F)(F)F. The van der Waals surface area contributed by atoms with Crippen LogP contribution in [-0.2, 0) is 19.8 Å². The average Bonchev–Trinajstić information content (AvgIpc) is 2.93. The summed E-state index contributed by atoms with van der Waals surface area (Å²) in [6, 6.07) is 2.33. The topological polar surface area (TPSA) is 46.0 Å². The molecule has 3 rings (SSSR count). The predicted octanol–water partition coefficient (Wildman–Crippen LogP) is 1.98. The van der Waals surface area contributed by atoms with Gasteiger partial charge in [0, 0.05) is 51.8 Å². The average molecular weight is 325 g/mol. The number of imidazole rings is 1. The van der Waals surface area contributed by atoms with Crippen LogP contribution in [0.5, 0.6) is 0 Å². The van der Waals surface area contributed by atoms with Gasteiger partial charge < -0.3 is 9.88 Å². The number of aromatic nitrogens is 3. The van der Waals surface area contributed by atoms with Crippen molar-refractivity contribution < 1.29 is 13.2 Å². The molecule has 2 aromatic rings. The second-order valence-electron chi connectivity index (χ2n) is 5.58. The predicted molar refractivity (Wildman–Crippen MR) is 78.5 cm³/mol. The highest BCUT2D eigenvalue weighted by Gasteiger charge is 2.35. The zero-order valence-corrected chi connectivity index (χ0v) is 12.7. The number of hydrogen-bond donors (Lipinski definition) is 1. The molecule has 3 heterocycles. The highest BCUT2D eigenvalue weighted by atomic mass is 19.4. The molecule has 1 fully saturated rings. The van der Waals surface area contributed by atoms with Crippen molar-refractivity contribution in [2.75, 3.05) is 19.6 Å². The van der Waals surface area contributed by atoms with E-state index in [0.717, 1.165) is 18.4 Å². The fraction of sp³-hybridized carbons (Fsp3) is 0.467. The van der Waals surface area contributed by atoms with Crippen LogP contribution in [-0.4, -0.2) is 39.1 Å². The maximum atomic E-state index is 13.1. The summed E-state index contributed by atoms with van der Waals surface area (Å²) in [5.41, 5.74) is -0.613. The number of nitrogens with zero attached hydrogens (tertiary/aromatic N) is 4. The number of alkyl halides is 3. The number of halogens is 3. The molecule has 23 heavy (non-hydrogen) atoms. The summed E-state index contributed by atoms with van der Waals surface area (Å²) in [5.74, 6) is 0.835. The van der Waals surface area contributed by atoms with Crippen molar-refractivity contribution in [2.45, 2.75) is 18.8 Å². The van der Waals surface area contributed by atoms with E-state index in [0.29, 0.717) is 13.1 Å². The molecule has 1 unspecified atom stereocenters. The quantitative estimate of drug-likeness (QED) is 0.937. The van der Waals surface area contributed by atoms with Gasteiger partial charge in [0.1, 0.15) is 5.82 Å². The van der Waals surface area contributed by atoms with Gasteiger partial charge in [-0.15, -0.1) is 0 Å². The molecule has 0 saturated carbocycles. The Balaban J connectivity index is 1.88. The standard InChI is InChI=1S/C15H18F3N5/c1-22-7-6-21-14(22)13-9-19-5-8-23(13)10-12-11(15(16,17)18)3-2-4-20-12/h2-4,6-7,13,19H,5,8-10H2,1H3. The largest absolute Gasteiger partial charge is 0.418 e. The monoisotopic (exact) mass is 325 g/mol. The second-order valence-corrected chi connectivity index (χ2v) is 5.58. The molecule has 5 nitrogen and oxygen atoms in total. The molecule has 1 N–H and O–H groups in total. The van der Waals surface area contributed by atoms with Gasteiger partial charge in [0.2, 0.25) is 0 Å². The Kier molecular flexibility index (Phi) is 4.36. The smallest absolute Gasteiger partial charge is 0.337 e. The lowest BCUT2D eigenvalue weighted by atomic mass is 10.1. The van der Waals surface area contributed by atoms with Gasteiger partial charge in [-0.2, -0.15) is 13.2 Å². The Morgan fingerprint density at radius 2 is 2.13 bits per heavy atom. The van der Waals surface area contributed by atoms with Gasteiger partial charge in [-0.3, -0.25) is 9.88 Å². The van der Waals surface area contributed by atoms with Crippen LogP contribution in [0.2, 0.25) is 0 Å². The van der Waals surface area contributed by atoms with Gasteiger partial charge in [-0.05, 0) is 12.1 Å². The number of nitrogens with one attached hydrogen (secondary N) is 1. The van der Waals surface area contributed by atoms with Crippen LogP contribution in [0, 0.1) is 0 Å². The molecule has 0 aromatic carbocycles. The lowest BCUT2D eigenvalue weighted by Crippen LogP contribution is -2.46. The normalized spacial score (nSPS) is 19.9. The molecule has 0 spiro atoms. The highest BCUT2D eigenvalue weighted by Crippen LogP contribution is 2.32. The third-order valence-electron chi connectivity index (χ3n) is 4.06. The molecule has 1 saturated heterocycles. The molecule has 1 atom stereocenters. The molecule has 0 aliphatic carbocycles. The highest BCUT2D eigenvalue weighted by molar-refractivity contribution is 5.23. The van der Waals surface area contributed by atoms with Crippen molar-refractivity contribution in [1.82, 2.24) is 24.8 Å². The van der Waals surface area contributed by atoms with E-state index in [4.69, 9.17) is 0 Å². The first kappa shape index (κ1) is 15.9. The zero-order valence-electron chi connectivity index (χ0n) is 12.7. The van der Waals surface area contributed by atoms with Gasteiger partial charge in [0.05, 0.1) is 17.3 Å². The number of hydrogen-bond acceptors (Lipinski definition) is 4. The van der Waals surface area contributed by atoms with E-state index >= 15 is 0 Å². The summed E-state index contributed by atoms with van der Waals surface area (Å²) in [7, 11) is 1.89. The van der Waals surface area contributed by atoms with E-state index in [1.54, 1.807) is 6.20 Å². The van der Waals surface area contributed by atoms with Crippen molar-refractivity contribution in [2.24, 2.45) is 7.05 Å². The Morgan fingerprint density at radius 1 is 1.30 bits per heavy atom. The number of aryl methyl sites for hydroxylation is 1. The van der Waals surface area contributed by atoms with Gasteiger partial charge in [0.15, 0.2) is 0 Å². The summed E-state index contributed by atoms with van der Waals surface area (Å²) < 4.78 is 41.3. The maximum Gasteiger partial charge on any atom is 0.418 e. The first-order valence-corrected chi connectivity index (χ1v) is 7.40. The fourth-order valence-corrected chi connectivity index (χ4v) is 2.90. The number of piperazine rings is 1. The molecule has 0 amide bonds. The van der Waals surface area contributed by atoms with Crippen molar-refractivity contribution >= 4 is 0 Å². The first-order valence-electron chi connectivity index (χ1n) is 7.40. The molecule has 1 aliphatic heterocycles. The van der Waals surface area contributed by atoms with Gasteiger partial charge in [-0.25, -0.2) is 4.98 Å². The molecule has 0 bridgehead atoms. The van der Waals surface area contributed by atoms with Crippen LogP contribution >= 0.6 is 0 Å². The summed E-state index contributed by atoms with van der Waals surface area (Å²) >= 11 is 0. The van der Waals surface area contributed by atoms with Crippen molar-refractivity contribution in [3.05, 3.63) is 47.8 Å². The third-order valence-corrected chi connectivity index (χ3v) is 4.06. The van der Waals surface area contributed by atoms with Crippen LogP contribution in [0.4, 0.5) is 13.2 Å².